The molecule has 0 unspecified atom stereocenters. The van der Waals surface area contributed by atoms with Crippen LogP contribution in [0.2, 0.25) is 0 Å². The van der Waals surface area contributed by atoms with Crippen LogP contribution in [0.3, 0.4) is 0 Å². The second kappa shape index (κ2) is 7.47. The summed E-state index contributed by atoms with van der Waals surface area (Å²) in [5.74, 6) is 1.14. The lowest BCUT2D eigenvalue weighted by Crippen LogP contribution is -2.30. The van der Waals surface area contributed by atoms with Crippen LogP contribution in [0.1, 0.15) is 21.5 Å². The number of rotatable bonds is 3. The molecule has 0 aliphatic carbocycles. The lowest BCUT2D eigenvalue weighted by molar-refractivity contribution is 0.102. The second-order valence-corrected chi connectivity index (χ2v) is 7.18. The van der Waals surface area contributed by atoms with Gasteiger partial charge in [0.2, 0.25) is 0 Å². The van der Waals surface area contributed by atoms with Gasteiger partial charge in [0.05, 0.1) is 17.4 Å². The number of ether oxygens (including phenoxy) is 2. The molecule has 0 saturated carbocycles. The average molecular weight is 387 g/mol. The largest absolute Gasteiger partial charge is 0.486 e. The minimum atomic E-state index is -0.201. The zero-order valence-corrected chi connectivity index (χ0v) is 15.9. The highest BCUT2D eigenvalue weighted by Gasteiger charge is 2.18. The van der Waals surface area contributed by atoms with Crippen molar-refractivity contribution in [1.29, 1.82) is 0 Å². The van der Waals surface area contributed by atoms with Gasteiger partial charge in [-0.15, -0.1) is 0 Å². The van der Waals surface area contributed by atoms with Crippen LogP contribution in [0, 0.1) is 0 Å². The Labute approximate surface area is 169 Å². The normalized spacial score (nSPS) is 14.8. The fourth-order valence-corrected chi connectivity index (χ4v) is 3.77. The zero-order valence-electron chi connectivity index (χ0n) is 15.9. The number of anilines is 2. The van der Waals surface area contributed by atoms with Gasteiger partial charge in [0.25, 0.3) is 5.91 Å². The number of aromatic nitrogens is 1. The van der Waals surface area contributed by atoms with Gasteiger partial charge in [0.15, 0.2) is 11.5 Å². The van der Waals surface area contributed by atoms with E-state index < -0.39 is 0 Å². The molecule has 29 heavy (non-hydrogen) atoms. The van der Waals surface area contributed by atoms with Gasteiger partial charge in [-0.1, -0.05) is 24.3 Å². The van der Waals surface area contributed by atoms with E-state index in [0.29, 0.717) is 36.0 Å². The monoisotopic (exact) mass is 387 g/mol. The lowest BCUT2D eigenvalue weighted by atomic mass is 9.99. The van der Waals surface area contributed by atoms with Crippen molar-refractivity contribution in [3.8, 4) is 11.5 Å². The summed E-state index contributed by atoms with van der Waals surface area (Å²) in [7, 11) is 0. The van der Waals surface area contributed by atoms with E-state index in [1.165, 1.54) is 11.1 Å². The van der Waals surface area contributed by atoms with E-state index in [-0.39, 0.29) is 5.91 Å². The number of hydrogen-bond acceptors (Lipinski definition) is 5. The van der Waals surface area contributed by atoms with Crippen molar-refractivity contribution in [2.45, 2.75) is 13.0 Å². The topological polar surface area (TPSA) is 63.7 Å². The minimum Gasteiger partial charge on any atom is -0.486 e. The molecule has 146 valence electrons. The zero-order chi connectivity index (χ0) is 19.6. The number of benzene rings is 2. The number of nitrogens with zero attached hydrogens (tertiary/aromatic N) is 2. The van der Waals surface area contributed by atoms with Gasteiger partial charge < -0.3 is 19.7 Å². The van der Waals surface area contributed by atoms with Crippen LogP contribution in [0.4, 0.5) is 11.4 Å². The summed E-state index contributed by atoms with van der Waals surface area (Å²) >= 11 is 0. The highest BCUT2D eigenvalue weighted by molar-refractivity contribution is 6.04. The Balaban J connectivity index is 1.33. The molecule has 2 aromatic carbocycles. The summed E-state index contributed by atoms with van der Waals surface area (Å²) in [5, 5.41) is 2.92. The quantitative estimate of drug-likeness (QED) is 0.743. The number of hydrogen-bond donors (Lipinski definition) is 1. The van der Waals surface area contributed by atoms with Crippen molar-refractivity contribution < 1.29 is 14.3 Å². The third kappa shape index (κ3) is 3.61. The molecule has 1 aromatic heterocycles. The molecule has 0 atom stereocenters. The SMILES string of the molecule is O=C(Nc1ccc2c(c1)OCCO2)c1cncc(N2CCc3ccccc3C2)c1. The van der Waals surface area contributed by atoms with Crippen LogP contribution in [0.15, 0.2) is 60.9 Å². The van der Waals surface area contributed by atoms with E-state index in [1.807, 2.05) is 24.4 Å². The highest BCUT2D eigenvalue weighted by Crippen LogP contribution is 2.33. The summed E-state index contributed by atoms with van der Waals surface area (Å²) < 4.78 is 11.1. The smallest absolute Gasteiger partial charge is 0.257 e. The summed E-state index contributed by atoms with van der Waals surface area (Å²) in [6.07, 6.45) is 4.40. The van der Waals surface area contributed by atoms with Crippen LogP contribution in [0.25, 0.3) is 0 Å². The number of carbonyl (C=O) groups is 1. The molecule has 0 radical (unpaired) electrons. The molecule has 3 aromatic rings. The Morgan fingerprint density at radius 1 is 0.966 bits per heavy atom. The van der Waals surface area contributed by atoms with Crippen molar-refractivity contribution in [2.24, 2.45) is 0 Å². The fraction of sp³-hybridized carbons (Fsp3) is 0.217. The molecule has 6 heteroatoms. The maximum absolute atomic E-state index is 12.8. The summed E-state index contributed by atoms with van der Waals surface area (Å²) in [4.78, 5) is 19.3. The molecule has 1 N–H and O–H groups in total. The van der Waals surface area contributed by atoms with Crippen molar-refractivity contribution in [3.05, 3.63) is 77.6 Å². The van der Waals surface area contributed by atoms with Gasteiger partial charge in [-0.05, 0) is 35.7 Å². The van der Waals surface area contributed by atoms with Gasteiger partial charge in [-0.3, -0.25) is 9.78 Å². The number of fused-ring (bicyclic) bond motifs is 2. The molecule has 3 heterocycles. The number of pyridine rings is 1. The average Bonchev–Trinajstić information content (AvgIpc) is 2.79. The first kappa shape index (κ1) is 17.6. The van der Waals surface area contributed by atoms with Crippen molar-refractivity contribution in [1.82, 2.24) is 4.98 Å². The van der Waals surface area contributed by atoms with E-state index in [4.69, 9.17) is 9.47 Å². The number of nitrogens with one attached hydrogen (secondary N) is 1. The van der Waals surface area contributed by atoms with Crippen LogP contribution in [-0.4, -0.2) is 30.6 Å². The summed E-state index contributed by atoms with van der Waals surface area (Å²) in [6.45, 7) is 2.78. The van der Waals surface area contributed by atoms with Gasteiger partial charge in [-0.25, -0.2) is 0 Å². The molecule has 0 bridgehead atoms. The molecule has 0 fully saturated rings. The molecule has 0 saturated heterocycles. The Bertz CT molecular complexity index is 1070. The molecule has 0 spiro atoms. The second-order valence-electron chi connectivity index (χ2n) is 7.18. The summed E-state index contributed by atoms with van der Waals surface area (Å²) in [5.41, 5.74) is 4.86. The Morgan fingerprint density at radius 2 is 1.79 bits per heavy atom. The first-order valence-corrected chi connectivity index (χ1v) is 9.74. The molecule has 6 nitrogen and oxygen atoms in total. The van der Waals surface area contributed by atoms with E-state index in [2.05, 4.69) is 39.5 Å². The molecule has 1 amide bonds. The highest BCUT2D eigenvalue weighted by atomic mass is 16.6. The van der Waals surface area contributed by atoms with Gasteiger partial charge >= 0.3 is 0 Å². The molecular weight excluding hydrogens is 366 g/mol. The predicted octanol–water partition coefficient (Wildman–Crippen LogP) is 3.67. The van der Waals surface area contributed by atoms with Crippen LogP contribution in [-0.2, 0) is 13.0 Å². The maximum Gasteiger partial charge on any atom is 0.257 e. The third-order valence-electron chi connectivity index (χ3n) is 5.28. The lowest BCUT2D eigenvalue weighted by Gasteiger charge is -2.30. The standard InChI is InChI=1S/C23H21N3O3/c27-23(25-19-5-6-21-22(12-19)29-10-9-28-21)18-11-20(14-24-13-18)26-8-7-16-3-1-2-4-17(16)15-26/h1-6,11-14H,7-10,15H2,(H,25,27). The third-order valence-corrected chi connectivity index (χ3v) is 5.28. The Kier molecular flexibility index (Phi) is 4.52. The first-order valence-electron chi connectivity index (χ1n) is 9.74. The van der Waals surface area contributed by atoms with Crippen molar-refractivity contribution >= 4 is 17.3 Å². The van der Waals surface area contributed by atoms with E-state index >= 15 is 0 Å². The minimum absolute atomic E-state index is 0.201. The number of amides is 1. The Hall–Kier alpha value is -3.54. The van der Waals surface area contributed by atoms with Crippen molar-refractivity contribution in [2.75, 3.05) is 30.0 Å². The summed E-state index contributed by atoms with van der Waals surface area (Å²) in [6, 6.07) is 15.8. The Morgan fingerprint density at radius 3 is 2.69 bits per heavy atom. The molecule has 5 rings (SSSR count). The van der Waals surface area contributed by atoms with Gasteiger partial charge in [0.1, 0.15) is 13.2 Å². The first-order chi connectivity index (χ1) is 14.3. The van der Waals surface area contributed by atoms with Crippen LogP contribution < -0.4 is 19.7 Å². The van der Waals surface area contributed by atoms with Crippen LogP contribution >= 0.6 is 0 Å². The molecule has 2 aliphatic heterocycles. The molecule has 2 aliphatic rings. The van der Waals surface area contributed by atoms with Crippen LogP contribution in [0.5, 0.6) is 11.5 Å². The van der Waals surface area contributed by atoms with Gasteiger partial charge in [-0.2, -0.15) is 0 Å². The van der Waals surface area contributed by atoms with E-state index in [9.17, 15) is 4.79 Å². The maximum atomic E-state index is 12.8. The van der Waals surface area contributed by atoms with Crippen molar-refractivity contribution in [3.63, 3.8) is 0 Å². The molecular formula is C23H21N3O3. The van der Waals surface area contributed by atoms with Gasteiger partial charge in [0, 0.05) is 31.0 Å². The predicted molar refractivity (Wildman–Crippen MR) is 111 cm³/mol. The van der Waals surface area contributed by atoms with E-state index in [1.54, 1.807) is 12.3 Å². The fourth-order valence-electron chi connectivity index (χ4n) is 3.77. The number of carbonyl (C=O) groups excluding carboxylic acids is 1. The van der Waals surface area contributed by atoms with E-state index in [0.717, 1.165) is 25.2 Å².